The minimum absolute atomic E-state index is 0.0914. The van der Waals surface area contributed by atoms with Crippen molar-refractivity contribution in [2.75, 3.05) is 10.2 Å². The van der Waals surface area contributed by atoms with Crippen molar-refractivity contribution in [3.05, 3.63) is 102 Å². The molecular formula is C27H25ClN6OS. The van der Waals surface area contributed by atoms with Gasteiger partial charge in [0.1, 0.15) is 6.04 Å². The van der Waals surface area contributed by atoms with E-state index in [0.717, 1.165) is 22.8 Å². The number of halogens is 1. The molecule has 2 N–H and O–H groups in total. The fraction of sp³-hybridized carbons (Fsp3) is 0.185. The van der Waals surface area contributed by atoms with Gasteiger partial charge in [0.25, 0.3) is 0 Å². The number of anilines is 2. The lowest BCUT2D eigenvalue weighted by molar-refractivity contribution is -0.118. The molecule has 1 aliphatic rings. The van der Waals surface area contributed by atoms with Crippen LogP contribution in [-0.4, -0.2) is 25.6 Å². The lowest BCUT2D eigenvalue weighted by Gasteiger charge is -2.29. The van der Waals surface area contributed by atoms with E-state index in [2.05, 4.69) is 36.1 Å². The number of nitrogens with one attached hydrogen (secondary N) is 2. The van der Waals surface area contributed by atoms with Crippen LogP contribution in [0, 0.1) is 5.92 Å². The van der Waals surface area contributed by atoms with Crippen molar-refractivity contribution >= 4 is 46.2 Å². The van der Waals surface area contributed by atoms with E-state index in [4.69, 9.17) is 23.8 Å². The summed E-state index contributed by atoms with van der Waals surface area (Å²) in [6.07, 6.45) is 7.35. The van der Waals surface area contributed by atoms with Crippen LogP contribution in [0.2, 0.25) is 5.02 Å². The van der Waals surface area contributed by atoms with Gasteiger partial charge in [0.15, 0.2) is 5.11 Å². The molecule has 0 saturated carbocycles. The van der Waals surface area contributed by atoms with E-state index in [1.807, 2.05) is 74.6 Å². The average Bonchev–Trinajstić information content (AvgIpc) is 3.50. The van der Waals surface area contributed by atoms with E-state index in [9.17, 15) is 4.79 Å². The Hall–Kier alpha value is -3.75. The zero-order chi connectivity index (χ0) is 25.2. The lowest BCUT2D eigenvalue weighted by Crippen LogP contribution is -2.30. The molecule has 0 unspecified atom stereocenters. The Kier molecular flexibility index (Phi) is 6.71. The first-order valence-electron chi connectivity index (χ1n) is 11.6. The summed E-state index contributed by atoms with van der Waals surface area (Å²) >= 11 is 12.5. The average molecular weight is 517 g/mol. The number of nitrogens with zero attached hydrogens (tertiary/aromatic N) is 4. The Balaban J connectivity index is 1.59. The van der Waals surface area contributed by atoms with Crippen LogP contribution >= 0.6 is 23.8 Å². The van der Waals surface area contributed by atoms with Gasteiger partial charge in [0, 0.05) is 47.8 Å². The van der Waals surface area contributed by atoms with Crippen molar-refractivity contribution in [1.29, 1.82) is 0 Å². The van der Waals surface area contributed by atoms with Crippen molar-refractivity contribution in [3.8, 4) is 5.69 Å². The van der Waals surface area contributed by atoms with Gasteiger partial charge in [-0.05, 0) is 66.8 Å². The van der Waals surface area contributed by atoms with Gasteiger partial charge in [-0.3, -0.25) is 14.8 Å². The van der Waals surface area contributed by atoms with Gasteiger partial charge in [-0.15, -0.1) is 0 Å². The number of amides is 1. The highest BCUT2D eigenvalue weighted by Gasteiger charge is 2.42. The van der Waals surface area contributed by atoms with Crippen molar-refractivity contribution < 1.29 is 4.79 Å². The first-order chi connectivity index (χ1) is 17.4. The maximum absolute atomic E-state index is 12.2. The number of hydrogen-bond acceptors (Lipinski definition) is 4. The topological polar surface area (TPSA) is 75.1 Å². The van der Waals surface area contributed by atoms with Crippen LogP contribution in [0.25, 0.3) is 5.69 Å². The summed E-state index contributed by atoms with van der Waals surface area (Å²) in [6.45, 7) is 3.68. The summed E-state index contributed by atoms with van der Waals surface area (Å²) in [5.41, 5.74) is 4.27. The summed E-state index contributed by atoms with van der Waals surface area (Å²) in [4.78, 5) is 23.1. The quantitative estimate of drug-likeness (QED) is 0.320. The Bertz CT molecular complexity index is 1390. The van der Waals surface area contributed by atoms with Crippen molar-refractivity contribution in [1.82, 2.24) is 19.9 Å². The van der Waals surface area contributed by atoms with E-state index < -0.39 is 0 Å². The molecule has 0 aliphatic carbocycles. The highest BCUT2D eigenvalue weighted by molar-refractivity contribution is 7.80. The van der Waals surface area contributed by atoms with E-state index in [1.54, 1.807) is 18.6 Å². The van der Waals surface area contributed by atoms with Gasteiger partial charge in [-0.2, -0.15) is 0 Å². The fourth-order valence-corrected chi connectivity index (χ4v) is 4.91. The molecule has 9 heteroatoms. The summed E-state index contributed by atoms with van der Waals surface area (Å²) in [6, 6.07) is 19.0. The molecule has 0 radical (unpaired) electrons. The number of benzene rings is 1. The monoisotopic (exact) mass is 516 g/mol. The van der Waals surface area contributed by atoms with E-state index in [0.29, 0.717) is 15.8 Å². The van der Waals surface area contributed by atoms with Crippen molar-refractivity contribution in [3.63, 3.8) is 0 Å². The molecule has 7 nitrogen and oxygen atoms in total. The Morgan fingerprint density at radius 3 is 2.56 bits per heavy atom. The maximum atomic E-state index is 12.2. The molecule has 2 atom stereocenters. The number of thiocarbonyl (C=S) groups is 1. The van der Waals surface area contributed by atoms with Gasteiger partial charge in [0.2, 0.25) is 5.91 Å². The predicted molar refractivity (Wildman–Crippen MR) is 146 cm³/mol. The number of hydrogen-bond donors (Lipinski definition) is 2. The van der Waals surface area contributed by atoms with Crippen molar-refractivity contribution in [2.24, 2.45) is 5.92 Å². The van der Waals surface area contributed by atoms with Crippen LogP contribution in [0.3, 0.4) is 0 Å². The number of aromatic nitrogens is 3. The summed E-state index contributed by atoms with van der Waals surface area (Å²) in [5, 5.41) is 7.36. The molecule has 1 saturated heterocycles. The molecule has 0 spiro atoms. The SMILES string of the molecule is CC(C)C(=O)Nc1ccc(N2C(=S)N[C@H](c3ccccn3)[C@H]2c2cccn2-c2ccncc2)cc1Cl. The van der Waals surface area contributed by atoms with Crippen LogP contribution in [-0.2, 0) is 4.79 Å². The van der Waals surface area contributed by atoms with Gasteiger partial charge < -0.3 is 20.1 Å². The molecule has 1 aliphatic heterocycles. The van der Waals surface area contributed by atoms with E-state index in [-0.39, 0.29) is 23.9 Å². The molecule has 4 heterocycles. The van der Waals surface area contributed by atoms with Crippen LogP contribution in [0.5, 0.6) is 0 Å². The first kappa shape index (κ1) is 24.0. The number of pyridine rings is 2. The van der Waals surface area contributed by atoms with Crippen LogP contribution in [0.1, 0.15) is 37.3 Å². The minimum atomic E-state index is -0.220. The Morgan fingerprint density at radius 1 is 1.06 bits per heavy atom. The number of carbonyl (C=O) groups excluding carboxylic acids is 1. The van der Waals surface area contributed by atoms with Crippen LogP contribution < -0.4 is 15.5 Å². The lowest BCUT2D eigenvalue weighted by atomic mass is 10.0. The molecule has 1 fully saturated rings. The fourth-order valence-electron chi connectivity index (χ4n) is 4.34. The highest BCUT2D eigenvalue weighted by atomic mass is 35.5. The standard InChI is InChI=1S/C27H25ClN6OS/c1-17(2)26(35)31-21-9-8-19(16-20(21)28)34-25(24(32-27(34)36)22-6-3-4-12-30-22)23-7-5-15-33(23)18-10-13-29-14-11-18/h3-17,24-25H,1-2H3,(H,31,35)(H,32,36)/t24-,25-/m1/s1. The molecule has 36 heavy (non-hydrogen) atoms. The molecular weight excluding hydrogens is 492 g/mol. The van der Waals surface area contributed by atoms with Gasteiger partial charge >= 0.3 is 0 Å². The van der Waals surface area contributed by atoms with Gasteiger partial charge in [-0.25, -0.2) is 0 Å². The third-order valence-corrected chi connectivity index (χ3v) is 6.76. The second-order valence-corrected chi connectivity index (χ2v) is 9.61. The number of rotatable bonds is 6. The molecule has 5 rings (SSSR count). The summed E-state index contributed by atoms with van der Waals surface area (Å²) < 4.78 is 2.13. The second-order valence-electron chi connectivity index (χ2n) is 8.81. The van der Waals surface area contributed by atoms with Crippen LogP contribution in [0.15, 0.2) is 85.5 Å². The largest absolute Gasteiger partial charge is 0.351 e. The molecule has 3 aromatic heterocycles. The summed E-state index contributed by atoms with van der Waals surface area (Å²) in [5.74, 6) is -0.244. The second kappa shape index (κ2) is 10.1. The minimum Gasteiger partial charge on any atom is -0.351 e. The zero-order valence-electron chi connectivity index (χ0n) is 19.8. The predicted octanol–water partition coefficient (Wildman–Crippen LogP) is 5.69. The summed E-state index contributed by atoms with van der Waals surface area (Å²) in [7, 11) is 0. The van der Waals surface area contributed by atoms with Crippen LogP contribution in [0.4, 0.5) is 11.4 Å². The molecule has 4 aromatic rings. The third-order valence-electron chi connectivity index (χ3n) is 6.14. The molecule has 1 aromatic carbocycles. The van der Waals surface area contributed by atoms with Gasteiger partial charge in [-0.1, -0.05) is 31.5 Å². The molecule has 0 bridgehead atoms. The maximum Gasteiger partial charge on any atom is 0.226 e. The first-order valence-corrected chi connectivity index (χ1v) is 12.4. The third kappa shape index (κ3) is 4.57. The van der Waals surface area contributed by atoms with E-state index in [1.165, 1.54) is 0 Å². The highest BCUT2D eigenvalue weighted by Crippen LogP contribution is 2.43. The smallest absolute Gasteiger partial charge is 0.226 e. The normalized spacial score (nSPS) is 17.3. The van der Waals surface area contributed by atoms with Crippen molar-refractivity contribution in [2.45, 2.75) is 25.9 Å². The molecule has 1 amide bonds. The Labute approximate surface area is 220 Å². The number of carbonyl (C=O) groups is 1. The molecule has 182 valence electrons. The van der Waals surface area contributed by atoms with E-state index >= 15 is 0 Å². The Morgan fingerprint density at radius 2 is 1.86 bits per heavy atom. The van der Waals surface area contributed by atoms with Gasteiger partial charge in [0.05, 0.1) is 22.4 Å². The zero-order valence-corrected chi connectivity index (χ0v) is 21.4.